The van der Waals surface area contributed by atoms with E-state index in [2.05, 4.69) is 6.07 Å². The average molecular weight is 180 g/mol. The minimum atomic E-state index is -0.354. The van der Waals surface area contributed by atoms with Crippen LogP contribution in [0.3, 0.4) is 0 Å². The molecule has 2 rings (SSSR count). The Hall–Kier alpha value is -0.590. The first kappa shape index (κ1) is 8.98. The molecule has 0 N–H and O–H groups in total. The number of ether oxygens (including phenoxy) is 1. The average Bonchev–Trinajstić information content (AvgIpc) is 2.50. The second-order valence-corrected chi connectivity index (χ2v) is 4.29. The van der Waals surface area contributed by atoms with Gasteiger partial charge in [-0.3, -0.25) is 4.90 Å². The zero-order valence-electron chi connectivity index (χ0n) is 8.29. The van der Waals surface area contributed by atoms with Gasteiger partial charge in [0.25, 0.3) is 0 Å². The van der Waals surface area contributed by atoms with Crippen molar-refractivity contribution >= 4 is 0 Å². The quantitative estimate of drug-likeness (QED) is 0.607. The number of hydrogen-bond acceptors (Lipinski definition) is 3. The highest BCUT2D eigenvalue weighted by atomic mass is 16.5. The van der Waals surface area contributed by atoms with E-state index >= 15 is 0 Å². The van der Waals surface area contributed by atoms with Gasteiger partial charge >= 0.3 is 0 Å². The van der Waals surface area contributed by atoms with Crippen LogP contribution in [-0.4, -0.2) is 36.7 Å². The lowest BCUT2D eigenvalue weighted by molar-refractivity contribution is -0.0719. The lowest BCUT2D eigenvalue weighted by atomic mass is 9.86. The van der Waals surface area contributed by atoms with Gasteiger partial charge in [-0.15, -0.1) is 0 Å². The van der Waals surface area contributed by atoms with Crippen molar-refractivity contribution in [2.75, 3.05) is 14.1 Å². The summed E-state index contributed by atoms with van der Waals surface area (Å²) in [6.45, 7) is 0. The molecule has 2 saturated heterocycles. The van der Waals surface area contributed by atoms with Gasteiger partial charge < -0.3 is 4.74 Å². The van der Waals surface area contributed by atoms with Crippen molar-refractivity contribution in [1.82, 2.24) is 4.90 Å². The Labute approximate surface area is 79.3 Å². The normalized spacial score (nSPS) is 43.5. The molecule has 0 aromatic rings. The highest BCUT2D eigenvalue weighted by molar-refractivity contribution is 5.16. The van der Waals surface area contributed by atoms with Crippen LogP contribution in [0.4, 0.5) is 0 Å². The van der Waals surface area contributed by atoms with Crippen molar-refractivity contribution in [3.8, 4) is 6.07 Å². The fraction of sp³-hybridized carbons (Fsp3) is 0.900. The van der Waals surface area contributed by atoms with Crippen LogP contribution in [0, 0.1) is 11.3 Å². The lowest BCUT2D eigenvalue weighted by Crippen LogP contribution is -2.54. The van der Waals surface area contributed by atoms with Crippen molar-refractivity contribution in [2.24, 2.45) is 0 Å². The summed E-state index contributed by atoms with van der Waals surface area (Å²) in [5.41, 5.74) is -0.354. The number of rotatable bonds is 1. The monoisotopic (exact) mass is 180 g/mol. The van der Waals surface area contributed by atoms with Gasteiger partial charge in [-0.2, -0.15) is 5.26 Å². The van der Waals surface area contributed by atoms with Crippen LogP contribution >= 0.6 is 0 Å². The SMILES string of the molecule is CN(C)C1(C#N)CCC2CCC1O2. The van der Waals surface area contributed by atoms with Crippen molar-refractivity contribution in [1.29, 1.82) is 5.26 Å². The zero-order chi connectivity index (χ0) is 9.47. The van der Waals surface area contributed by atoms with Gasteiger partial charge in [0.1, 0.15) is 5.54 Å². The predicted octanol–water partition coefficient (Wildman–Crippen LogP) is 1.15. The molecule has 3 heteroatoms. The first-order valence-electron chi connectivity index (χ1n) is 4.93. The Morgan fingerprint density at radius 2 is 2.15 bits per heavy atom. The van der Waals surface area contributed by atoms with E-state index in [0.29, 0.717) is 6.10 Å². The van der Waals surface area contributed by atoms with Gasteiger partial charge in [0, 0.05) is 0 Å². The van der Waals surface area contributed by atoms with Gasteiger partial charge in [0.15, 0.2) is 0 Å². The fourth-order valence-corrected chi connectivity index (χ4v) is 2.55. The Morgan fingerprint density at radius 3 is 2.77 bits per heavy atom. The molecule has 0 amide bonds. The largest absolute Gasteiger partial charge is 0.372 e. The molecule has 2 bridgehead atoms. The molecule has 72 valence electrons. The Morgan fingerprint density at radius 1 is 1.38 bits per heavy atom. The highest BCUT2D eigenvalue weighted by Gasteiger charge is 2.49. The van der Waals surface area contributed by atoms with Crippen molar-refractivity contribution < 1.29 is 4.74 Å². The van der Waals surface area contributed by atoms with Crippen LogP contribution in [0.5, 0.6) is 0 Å². The second-order valence-electron chi connectivity index (χ2n) is 4.29. The number of nitrogens with zero attached hydrogens (tertiary/aromatic N) is 2. The summed E-state index contributed by atoms with van der Waals surface area (Å²) in [6.07, 6.45) is 4.78. The minimum absolute atomic E-state index is 0.145. The summed E-state index contributed by atoms with van der Waals surface area (Å²) in [6, 6.07) is 2.45. The molecule has 0 saturated carbocycles. The van der Waals surface area contributed by atoms with Crippen molar-refractivity contribution in [3.05, 3.63) is 0 Å². The maximum atomic E-state index is 9.26. The molecule has 0 aliphatic carbocycles. The maximum absolute atomic E-state index is 9.26. The Balaban J connectivity index is 2.25. The maximum Gasteiger partial charge on any atom is 0.135 e. The van der Waals surface area contributed by atoms with Crippen LogP contribution in [0.25, 0.3) is 0 Å². The minimum Gasteiger partial charge on any atom is -0.372 e. The molecule has 3 unspecified atom stereocenters. The predicted molar refractivity (Wildman–Crippen MR) is 49.2 cm³/mol. The van der Waals surface area contributed by atoms with Crippen LogP contribution in [0.1, 0.15) is 25.7 Å². The van der Waals surface area contributed by atoms with E-state index in [-0.39, 0.29) is 11.6 Å². The molecule has 2 aliphatic rings. The summed E-state index contributed by atoms with van der Waals surface area (Å²) in [5.74, 6) is 0. The van der Waals surface area contributed by atoms with E-state index in [1.807, 2.05) is 19.0 Å². The highest BCUT2D eigenvalue weighted by Crippen LogP contribution is 2.41. The molecule has 3 nitrogen and oxygen atoms in total. The molecule has 0 spiro atoms. The molecule has 13 heavy (non-hydrogen) atoms. The van der Waals surface area contributed by atoms with Crippen LogP contribution < -0.4 is 0 Å². The molecular weight excluding hydrogens is 164 g/mol. The zero-order valence-corrected chi connectivity index (χ0v) is 8.29. The number of fused-ring (bicyclic) bond motifs is 2. The molecular formula is C10H16N2O. The summed E-state index contributed by atoms with van der Waals surface area (Å²) in [7, 11) is 3.95. The Bertz CT molecular complexity index is 246. The van der Waals surface area contributed by atoms with Gasteiger partial charge in [-0.1, -0.05) is 0 Å². The first-order chi connectivity index (χ1) is 6.19. The second kappa shape index (κ2) is 2.97. The van der Waals surface area contributed by atoms with E-state index < -0.39 is 0 Å². The number of nitriles is 1. The van der Waals surface area contributed by atoms with Crippen molar-refractivity contribution in [2.45, 2.75) is 43.4 Å². The van der Waals surface area contributed by atoms with Crippen LogP contribution in [0.15, 0.2) is 0 Å². The van der Waals surface area contributed by atoms with Crippen LogP contribution in [0.2, 0.25) is 0 Å². The van der Waals surface area contributed by atoms with E-state index in [9.17, 15) is 5.26 Å². The third-order valence-corrected chi connectivity index (χ3v) is 3.48. The summed E-state index contributed by atoms with van der Waals surface area (Å²) >= 11 is 0. The standard InChI is InChI=1S/C10H16N2O/c1-12(2)10(7-11)6-5-8-3-4-9(10)13-8/h8-9H,3-6H2,1-2H3. The van der Waals surface area contributed by atoms with E-state index in [1.54, 1.807) is 0 Å². The fourth-order valence-electron chi connectivity index (χ4n) is 2.55. The number of likely N-dealkylation sites (N-methyl/N-ethyl adjacent to an activating group) is 1. The van der Waals surface area contributed by atoms with E-state index in [0.717, 1.165) is 25.7 Å². The van der Waals surface area contributed by atoms with Gasteiger partial charge in [0.05, 0.1) is 18.3 Å². The third-order valence-electron chi connectivity index (χ3n) is 3.48. The Kier molecular flexibility index (Phi) is 2.05. The van der Waals surface area contributed by atoms with E-state index in [4.69, 9.17) is 4.74 Å². The molecule has 3 atom stereocenters. The van der Waals surface area contributed by atoms with Gasteiger partial charge in [-0.05, 0) is 39.8 Å². The molecule has 2 aliphatic heterocycles. The smallest absolute Gasteiger partial charge is 0.135 e. The van der Waals surface area contributed by atoms with E-state index in [1.165, 1.54) is 0 Å². The van der Waals surface area contributed by atoms with Crippen molar-refractivity contribution in [3.63, 3.8) is 0 Å². The first-order valence-corrected chi connectivity index (χ1v) is 4.93. The topological polar surface area (TPSA) is 36.3 Å². The van der Waals surface area contributed by atoms with Gasteiger partial charge in [-0.25, -0.2) is 0 Å². The summed E-state index contributed by atoms with van der Waals surface area (Å²) < 4.78 is 5.80. The summed E-state index contributed by atoms with van der Waals surface area (Å²) in [5, 5.41) is 9.26. The van der Waals surface area contributed by atoms with Gasteiger partial charge in [0.2, 0.25) is 0 Å². The summed E-state index contributed by atoms with van der Waals surface area (Å²) in [4.78, 5) is 2.03. The third kappa shape index (κ3) is 1.17. The lowest BCUT2D eigenvalue weighted by Gasteiger charge is -2.41. The number of hydrogen-bond donors (Lipinski definition) is 0. The molecule has 0 aromatic carbocycles. The molecule has 0 radical (unpaired) electrons. The molecule has 0 aromatic heterocycles. The molecule has 2 fully saturated rings. The molecule has 2 heterocycles. The van der Waals surface area contributed by atoms with Crippen LogP contribution in [-0.2, 0) is 4.74 Å².